The molecule has 0 aliphatic rings. The van der Waals surface area contributed by atoms with Crippen molar-refractivity contribution >= 4 is 28.1 Å². The minimum Gasteiger partial charge on any atom is -0.493 e. The summed E-state index contributed by atoms with van der Waals surface area (Å²) in [4.78, 5) is 18.6. The van der Waals surface area contributed by atoms with Crippen molar-refractivity contribution in [2.24, 2.45) is 0 Å². The van der Waals surface area contributed by atoms with Crippen LogP contribution in [0.3, 0.4) is 0 Å². The molecule has 8 heteroatoms. The molecule has 1 atom stereocenters. The first-order valence-electron chi connectivity index (χ1n) is 10.8. The quantitative estimate of drug-likeness (QED) is 0.317. The van der Waals surface area contributed by atoms with Crippen molar-refractivity contribution in [3.8, 4) is 11.5 Å². The highest BCUT2D eigenvalue weighted by atomic mass is 32.1. The van der Waals surface area contributed by atoms with Gasteiger partial charge in [0.1, 0.15) is 10.8 Å². The van der Waals surface area contributed by atoms with Crippen LogP contribution in [0.2, 0.25) is 0 Å². The summed E-state index contributed by atoms with van der Waals surface area (Å²) in [5.41, 5.74) is 3.75. The second-order valence-electron chi connectivity index (χ2n) is 7.78. The van der Waals surface area contributed by atoms with Gasteiger partial charge < -0.3 is 24.5 Å². The molecule has 1 aromatic carbocycles. The summed E-state index contributed by atoms with van der Waals surface area (Å²) in [5, 5.41) is 7.34. The molecule has 0 aliphatic heterocycles. The van der Waals surface area contributed by atoms with Crippen LogP contribution in [0.15, 0.2) is 59.2 Å². The van der Waals surface area contributed by atoms with Gasteiger partial charge >= 0.3 is 0 Å². The van der Waals surface area contributed by atoms with E-state index in [2.05, 4.69) is 22.5 Å². The second-order valence-corrected chi connectivity index (χ2v) is 9.01. The Morgan fingerprint density at radius 3 is 2.50 bits per heavy atom. The highest BCUT2D eigenvalue weighted by Gasteiger charge is 2.29. The molecule has 1 amide bonds. The SMILES string of the molecule is COc1cccc([C@H](Nc2cccc(C)n2)c2c(NC(=O)c3ccco3)sc(C)c2C)c1OC. The lowest BCUT2D eigenvalue weighted by molar-refractivity contribution is 0.0997. The molecule has 34 heavy (non-hydrogen) atoms. The van der Waals surface area contributed by atoms with Crippen molar-refractivity contribution < 1.29 is 18.7 Å². The molecule has 0 fully saturated rings. The molecule has 0 aliphatic carbocycles. The smallest absolute Gasteiger partial charge is 0.291 e. The monoisotopic (exact) mass is 477 g/mol. The molecule has 3 heterocycles. The zero-order chi connectivity index (χ0) is 24.2. The Kier molecular flexibility index (Phi) is 6.88. The van der Waals surface area contributed by atoms with E-state index in [-0.39, 0.29) is 17.7 Å². The van der Waals surface area contributed by atoms with E-state index in [1.54, 1.807) is 26.4 Å². The van der Waals surface area contributed by atoms with Crippen molar-refractivity contribution in [3.05, 3.63) is 87.8 Å². The number of thiophene rings is 1. The van der Waals surface area contributed by atoms with Gasteiger partial charge in [-0.2, -0.15) is 0 Å². The number of carbonyl (C=O) groups is 1. The molecule has 0 unspecified atom stereocenters. The first-order valence-corrected chi connectivity index (χ1v) is 11.6. The van der Waals surface area contributed by atoms with Crippen LogP contribution in [-0.2, 0) is 0 Å². The lowest BCUT2D eigenvalue weighted by atomic mass is 9.95. The molecule has 0 saturated carbocycles. The molecule has 3 aromatic heterocycles. The third-order valence-corrected chi connectivity index (χ3v) is 6.76. The van der Waals surface area contributed by atoms with E-state index in [4.69, 9.17) is 13.9 Å². The second kappa shape index (κ2) is 10.0. The fourth-order valence-corrected chi connectivity index (χ4v) is 4.97. The third kappa shape index (κ3) is 4.63. The first kappa shape index (κ1) is 23.4. The summed E-state index contributed by atoms with van der Waals surface area (Å²) in [6.07, 6.45) is 1.48. The number of aromatic nitrogens is 1. The average Bonchev–Trinajstić information content (AvgIpc) is 3.46. The number of ether oxygens (including phenoxy) is 2. The van der Waals surface area contributed by atoms with E-state index in [0.29, 0.717) is 17.3 Å². The Bertz CT molecular complexity index is 1300. The van der Waals surface area contributed by atoms with Crippen molar-refractivity contribution in [1.29, 1.82) is 0 Å². The Morgan fingerprint density at radius 2 is 1.82 bits per heavy atom. The first-order chi connectivity index (χ1) is 16.4. The Balaban J connectivity index is 1.87. The number of methoxy groups -OCH3 is 2. The zero-order valence-electron chi connectivity index (χ0n) is 19.8. The maximum absolute atomic E-state index is 12.9. The van der Waals surface area contributed by atoms with Gasteiger partial charge in [-0.15, -0.1) is 11.3 Å². The summed E-state index contributed by atoms with van der Waals surface area (Å²) < 4.78 is 16.6. The molecule has 2 N–H and O–H groups in total. The molecule has 0 radical (unpaired) electrons. The van der Waals surface area contributed by atoms with Gasteiger partial charge in [0.2, 0.25) is 0 Å². The van der Waals surface area contributed by atoms with E-state index in [1.165, 1.54) is 17.6 Å². The minimum atomic E-state index is -0.379. The third-order valence-electron chi connectivity index (χ3n) is 5.62. The van der Waals surface area contributed by atoms with Gasteiger partial charge in [-0.25, -0.2) is 4.98 Å². The van der Waals surface area contributed by atoms with Crippen LogP contribution in [0.25, 0.3) is 0 Å². The number of amides is 1. The van der Waals surface area contributed by atoms with Crippen LogP contribution in [0.1, 0.15) is 43.9 Å². The van der Waals surface area contributed by atoms with Crippen LogP contribution < -0.4 is 20.1 Å². The van der Waals surface area contributed by atoms with Gasteiger partial charge in [-0.1, -0.05) is 18.2 Å². The molecule has 7 nitrogen and oxygen atoms in total. The summed E-state index contributed by atoms with van der Waals surface area (Å²) in [5.74, 6) is 1.88. The number of anilines is 2. The lowest BCUT2D eigenvalue weighted by Gasteiger charge is -2.25. The Labute approximate surface area is 202 Å². The van der Waals surface area contributed by atoms with Crippen LogP contribution in [0.4, 0.5) is 10.8 Å². The largest absolute Gasteiger partial charge is 0.493 e. The van der Waals surface area contributed by atoms with Gasteiger partial charge in [0.05, 0.1) is 26.5 Å². The number of pyridine rings is 1. The van der Waals surface area contributed by atoms with Crippen molar-refractivity contribution in [3.63, 3.8) is 0 Å². The van der Waals surface area contributed by atoms with Gasteiger partial charge in [-0.3, -0.25) is 4.79 Å². The highest BCUT2D eigenvalue weighted by molar-refractivity contribution is 7.16. The predicted molar refractivity (Wildman–Crippen MR) is 134 cm³/mol. The van der Waals surface area contributed by atoms with E-state index in [0.717, 1.165) is 32.3 Å². The number of nitrogens with one attached hydrogen (secondary N) is 2. The predicted octanol–water partition coefficient (Wildman–Crippen LogP) is 6.13. The molecular formula is C26H27N3O4S. The van der Waals surface area contributed by atoms with Gasteiger partial charge in [0.25, 0.3) is 5.91 Å². The maximum atomic E-state index is 12.9. The molecule has 4 rings (SSSR count). The number of hydrogen-bond donors (Lipinski definition) is 2. The number of aryl methyl sites for hydroxylation is 2. The van der Waals surface area contributed by atoms with Crippen LogP contribution in [0.5, 0.6) is 11.5 Å². The number of hydrogen-bond acceptors (Lipinski definition) is 7. The molecule has 4 aromatic rings. The standard InChI is InChI=1S/C26H27N3O4S/c1-15-9-6-13-21(27-15)28-23(18-10-7-11-19(31-4)24(18)32-5)22-16(2)17(3)34-26(22)29-25(30)20-12-8-14-33-20/h6-14,23H,1-5H3,(H,27,28)(H,29,30)/t23-/m0/s1. The summed E-state index contributed by atoms with van der Waals surface area (Å²) in [7, 11) is 3.23. The summed E-state index contributed by atoms with van der Waals surface area (Å²) >= 11 is 1.52. The van der Waals surface area contributed by atoms with E-state index >= 15 is 0 Å². The van der Waals surface area contributed by atoms with Crippen LogP contribution in [-0.4, -0.2) is 25.1 Å². The van der Waals surface area contributed by atoms with E-state index < -0.39 is 0 Å². The van der Waals surface area contributed by atoms with E-state index in [1.807, 2.05) is 50.2 Å². The van der Waals surface area contributed by atoms with Gasteiger partial charge in [-0.05, 0) is 56.7 Å². The highest BCUT2D eigenvalue weighted by Crippen LogP contribution is 2.45. The molecule has 0 saturated heterocycles. The number of furan rings is 1. The van der Waals surface area contributed by atoms with Crippen molar-refractivity contribution in [2.75, 3.05) is 24.9 Å². The summed E-state index contributed by atoms with van der Waals surface area (Å²) in [6.45, 7) is 6.03. The molecule has 0 spiro atoms. The van der Waals surface area contributed by atoms with Gasteiger partial charge in [0, 0.05) is 21.7 Å². The fourth-order valence-electron chi connectivity index (χ4n) is 3.87. The molecule has 0 bridgehead atoms. The Morgan fingerprint density at radius 1 is 1.03 bits per heavy atom. The van der Waals surface area contributed by atoms with Crippen molar-refractivity contribution in [2.45, 2.75) is 26.8 Å². The molecule has 176 valence electrons. The lowest BCUT2D eigenvalue weighted by Crippen LogP contribution is -2.18. The topological polar surface area (TPSA) is 85.6 Å². The number of rotatable bonds is 8. The fraction of sp³-hybridized carbons (Fsp3) is 0.231. The Hall–Kier alpha value is -3.78. The van der Waals surface area contributed by atoms with Gasteiger partial charge in [0.15, 0.2) is 17.3 Å². The summed E-state index contributed by atoms with van der Waals surface area (Å²) in [6, 6.07) is 14.5. The minimum absolute atomic E-state index is 0.249. The van der Waals surface area contributed by atoms with E-state index in [9.17, 15) is 4.79 Å². The zero-order valence-corrected chi connectivity index (χ0v) is 20.6. The van der Waals surface area contributed by atoms with Crippen LogP contribution >= 0.6 is 11.3 Å². The van der Waals surface area contributed by atoms with Crippen LogP contribution in [0, 0.1) is 20.8 Å². The average molecular weight is 478 g/mol. The number of benzene rings is 1. The molecular weight excluding hydrogens is 450 g/mol. The number of nitrogens with zero attached hydrogens (tertiary/aromatic N) is 1. The number of para-hydroxylation sites is 1. The number of carbonyl (C=O) groups excluding carboxylic acids is 1. The maximum Gasteiger partial charge on any atom is 0.291 e. The normalized spacial score (nSPS) is 11.7. The van der Waals surface area contributed by atoms with Crippen molar-refractivity contribution in [1.82, 2.24) is 4.98 Å².